The third-order valence-corrected chi connectivity index (χ3v) is 3.96. The van der Waals surface area contributed by atoms with Crippen molar-refractivity contribution in [1.29, 1.82) is 0 Å². The van der Waals surface area contributed by atoms with E-state index in [9.17, 15) is 14.0 Å². The van der Waals surface area contributed by atoms with Crippen molar-refractivity contribution in [2.24, 2.45) is 5.92 Å². The molecule has 0 bridgehead atoms. The maximum Gasteiger partial charge on any atom is 0.310 e. The van der Waals surface area contributed by atoms with E-state index in [4.69, 9.17) is 5.11 Å². The maximum atomic E-state index is 13.7. The summed E-state index contributed by atoms with van der Waals surface area (Å²) in [4.78, 5) is 23.3. The number of aliphatic carboxylic acids is 1. The summed E-state index contributed by atoms with van der Waals surface area (Å²) in [6.45, 7) is 3.32. The minimum absolute atomic E-state index is 0.238. The van der Waals surface area contributed by atoms with Crippen molar-refractivity contribution < 1.29 is 19.1 Å². The van der Waals surface area contributed by atoms with Gasteiger partial charge in [-0.3, -0.25) is 9.59 Å². The van der Waals surface area contributed by atoms with Crippen molar-refractivity contribution in [2.45, 2.75) is 26.2 Å². The predicted octanol–water partition coefficient (Wildman–Crippen LogP) is 3.83. The second-order valence-electron chi connectivity index (χ2n) is 5.87. The van der Waals surface area contributed by atoms with Gasteiger partial charge in [-0.05, 0) is 42.7 Å². The summed E-state index contributed by atoms with van der Waals surface area (Å²) in [5.41, 5.74) is 1.64. The SMILES string of the molecule is CC(Cc1ccccc1F)C(=O)Nc1cccc(C(C)C(=O)O)c1. The van der Waals surface area contributed by atoms with Crippen molar-refractivity contribution in [2.75, 3.05) is 5.32 Å². The van der Waals surface area contributed by atoms with Gasteiger partial charge >= 0.3 is 5.97 Å². The first kappa shape index (κ1) is 17.7. The molecule has 0 saturated carbocycles. The van der Waals surface area contributed by atoms with Crippen molar-refractivity contribution in [3.8, 4) is 0 Å². The third-order valence-electron chi connectivity index (χ3n) is 3.96. The zero-order chi connectivity index (χ0) is 17.7. The normalized spacial score (nSPS) is 13.1. The lowest BCUT2D eigenvalue weighted by Gasteiger charge is -2.14. The lowest BCUT2D eigenvalue weighted by molar-refractivity contribution is -0.138. The van der Waals surface area contributed by atoms with Crippen LogP contribution in [-0.4, -0.2) is 17.0 Å². The van der Waals surface area contributed by atoms with Gasteiger partial charge in [0.2, 0.25) is 5.91 Å². The van der Waals surface area contributed by atoms with Gasteiger partial charge in [-0.1, -0.05) is 37.3 Å². The highest BCUT2D eigenvalue weighted by Gasteiger charge is 2.17. The van der Waals surface area contributed by atoms with E-state index < -0.39 is 17.8 Å². The molecule has 2 N–H and O–H groups in total. The molecule has 0 aliphatic carbocycles. The van der Waals surface area contributed by atoms with Crippen LogP contribution in [0.4, 0.5) is 10.1 Å². The van der Waals surface area contributed by atoms with Crippen LogP contribution in [0.3, 0.4) is 0 Å². The Morgan fingerprint density at radius 3 is 2.50 bits per heavy atom. The lowest BCUT2D eigenvalue weighted by atomic mass is 9.99. The van der Waals surface area contributed by atoms with Gasteiger partial charge < -0.3 is 10.4 Å². The Balaban J connectivity index is 2.05. The molecule has 0 spiro atoms. The number of anilines is 1. The first-order chi connectivity index (χ1) is 11.4. The number of carboxylic acid groups (broad SMARTS) is 1. The summed E-state index contributed by atoms with van der Waals surface area (Å²) >= 11 is 0. The highest BCUT2D eigenvalue weighted by Crippen LogP contribution is 2.20. The van der Waals surface area contributed by atoms with Gasteiger partial charge in [-0.15, -0.1) is 0 Å². The summed E-state index contributed by atoms with van der Waals surface area (Å²) in [6, 6.07) is 13.1. The van der Waals surface area contributed by atoms with E-state index in [0.29, 0.717) is 23.2 Å². The van der Waals surface area contributed by atoms with Gasteiger partial charge in [-0.25, -0.2) is 4.39 Å². The number of carbonyl (C=O) groups is 2. The zero-order valence-electron chi connectivity index (χ0n) is 13.6. The van der Waals surface area contributed by atoms with Crippen LogP contribution in [0.2, 0.25) is 0 Å². The molecule has 0 heterocycles. The fraction of sp³-hybridized carbons (Fsp3) is 0.263. The zero-order valence-corrected chi connectivity index (χ0v) is 13.6. The average molecular weight is 329 g/mol. The minimum Gasteiger partial charge on any atom is -0.481 e. The standard InChI is InChI=1S/C19H20FNO3/c1-12(10-15-6-3-4-9-17(15)20)18(22)21-16-8-5-7-14(11-16)13(2)19(23)24/h3-9,11-13H,10H2,1-2H3,(H,21,22)(H,23,24). The fourth-order valence-corrected chi connectivity index (χ4v) is 2.38. The van der Waals surface area contributed by atoms with Crippen LogP contribution in [0.5, 0.6) is 0 Å². The smallest absolute Gasteiger partial charge is 0.310 e. The number of nitrogens with one attached hydrogen (secondary N) is 1. The summed E-state index contributed by atoms with van der Waals surface area (Å²) in [7, 11) is 0. The molecule has 4 nitrogen and oxygen atoms in total. The number of benzene rings is 2. The average Bonchev–Trinajstić information content (AvgIpc) is 2.56. The molecule has 5 heteroatoms. The van der Waals surface area contributed by atoms with Gasteiger partial charge in [0.1, 0.15) is 5.82 Å². The molecule has 2 aromatic rings. The van der Waals surface area contributed by atoms with Gasteiger partial charge in [0.15, 0.2) is 0 Å². The molecule has 0 radical (unpaired) electrons. The van der Waals surface area contributed by atoms with Crippen LogP contribution in [0.1, 0.15) is 30.9 Å². The van der Waals surface area contributed by atoms with Gasteiger partial charge in [0.25, 0.3) is 0 Å². The summed E-state index contributed by atoms with van der Waals surface area (Å²) in [5, 5.41) is 11.8. The number of carbonyl (C=O) groups excluding carboxylic acids is 1. The largest absolute Gasteiger partial charge is 0.481 e. The van der Waals surface area contributed by atoms with Crippen LogP contribution in [0.15, 0.2) is 48.5 Å². The molecule has 126 valence electrons. The van der Waals surface area contributed by atoms with Crippen molar-refractivity contribution in [3.05, 3.63) is 65.5 Å². The third kappa shape index (κ3) is 4.41. The molecule has 0 saturated heterocycles. The molecule has 24 heavy (non-hydrogen) atoms. The number of hydrogen-bond donors (Lipinski definition) is 2. The van der Waals surface area contributed by atoms with E-state index in [1.807, 2.05) is 0 Å². The molecule has 0 fully saturated rings. The minimum atomic E-state index is -0.925. The van der Waals surface area contributed by atoms with Crippen molar-refractivity contribution in [3.63, 3.8) is 0 Å². The topological polar surface area (TPSA) is 66.4 Å². The predicted molar refractivity (Wildman–Crippen MR) is 90.4 cm³/mol. The maximum absolute atomic E-state index is 13.7. The molecule has 2 atom stereocenters. The Hall–Kier alpha value is -2.69. The molecule has 0 aromatic heterocycles. The summed E-state index contributed by atoms with van der Waals surface area (Å²) in [5.74, 6) is -2.56. The molecule has 0 aliphatic rings. The number of halogens is 1. The Bertz CT molecular complexity index is 745. The van der Waals surface area contributed by atoms with Gasteiger partial charge in [0.05, 0.1) is 5.92 Å². The molecule has 2 aromatic carbocycles. The second-order valence-corrected chi connectivity index (χ2v) is 5.87. The Morgan fingerprint density at radius 1 is 1.12 bits per heavy atom. The Labute approximate surface area is 140 Å². The monoisotopic (exact) mass is 329 g/mol. The summed E-state index contributed by atoms with van der Waals surface area (Å²) in [6.07, 6.45) is 0.295. The first-order valence-electron chi connectivity index (χ1n) is 7.75. The van der Waals surface area contributed by atoms with E-state index in [0.717, 1.165) is 0 Å². The number of amides is 1. The van der Waals surface area contributed by atoms with E-state index in [2.05, 4.69) is 5.32 Å². The van der Waals surface area contributed by atoms with Crippen LogP contribution in [-0.2, 0) is 16.0 Å². The second kappa shape index (κ2) is 7.73. The van der Waals surface area contributed by atoms with E-state index >= 15 is 0 Å². The van der Waals surface area contributed by atoms with Crippen LogP contribution < -0.4 is 5.32 Å². The van der Waals surface area contributed by atoms with Gasteiger partial charge in [0, 0.05) is 11.6 Å². The Morgan fingerprint density at radius 2 is 1.83 bits per heavy atom. The highest BCUT2D eigenvalue weighted by molar-refractivity contribution is 5.92. The van der Waals surface area contributed by atoms with Crippen LogP contribution in [0.25, 0.3) is 0 Å². The molecular formula is C19H20FNO3. The quantitative estimate of drug-likeness (QED) is 0.846. The van der Waals surface area contributed by atoms with E-state index in [-0.39, 0.29) is 11.7 Å². The lowest BCUT2D eigenvalue weighted by Crippen LogP contribution is -2.22. The summed E-state index contributed by atoms with van der Waals surface area (Å²) < 4.78 is 13.7. The number of rotatable bonds is 6. The fourth-order valence-electron chi connectivity index (χ4n) is 2.38. The number of hydrogen-bond acceptors (Lipinski definition) is 2. The van der Waals surface area contributed by atoms with Crippen molar-refractivity contribution >= 4 is 17.6 Å². The Kier molecular flexibility index (Phi) is 5.68. The van der Waals surface area contributed by atoms with E-state index in [1.54, 1.807) is 56.3 Å². The van der Waals surface area contributed by atoms with Crippen LogP contribution in [0, 0.1) is 11.7 Å². The van der Waals surface area contributed by atoms with Crippen LogP contribution >= 0.6 is 0 Å². The van der Waals surface area contributed by atoms with Crippen molar-refractivity contribution in [1.82, 2.24) is 0 Å². The van der Waals surface area contributed by atoms with Gasteiger partial charge in [-0.2, -0.15) is 0 Å². The molecule has 2 unspecified atom stereocenters. The molecular weight excluding hydrogens is 309 g/mol. The number of carboxylic acids is 1. The first-order valence-corrected chi connectivity index (χ1v) is 7.75. The van der Waals surface area contributed by atoms with E-state index in [1.165, 1.54) is 6.07 Å². The molecule has 0 aliphatic heterocycles. The molecule has 2 rings (SSSR count). The highest BCUT2D eigenvalue weighted by atomic mass is 19.1. The molecule has 1 amide bonds.